The van der Waals surface area contributed by atoms with Gasteiger partial charge in [0, 0.05) is 24.0 Å². The van der Waals surface area contributed by atoms with Crippen molar-refractivity contribution in [2.75, 3.05) is 6.54 Å². The van der Waals surface area contributed by atoms with Crippen molar-refractivity contribution in [2.24, 2.45) is 0 Å². The molecule has 3 unspecified atom stereocenters. The third kappa shape index (κ3) is 3.86. The van der Waals surface area contributed by atoms with E-state index in [4.69, 9.17) is 0 Å². The number of nitrogens with one attached hydrogen (secondary N) is 2. The van der Waals surface area contributed by atoms with Crippen LogP contribution in [0, 0.1) is 0 Å². The summed E-state index contributed by atoms with van der Waals surface area (Å²) in [4.78, 5) is 14.2. The molecule has 5 N–H and O–H groups in total. The van der Waals surface area contributed by atoms with Crippen molar-refractivity contribution in [3.63, 3.8) is 0 Å². The van der Waals surface area contributed by atoms with Gasteiger partial charge in [-0.1, -0.05) is 25.1 Å². The van der Waals surface area contributed by atoms with E-state index in [1.807, 2.05) is 0 Å². The molecule has 2 aromatic carbocycles. The van der Waals surface area contributed by atoms with Gasteiger partial charge in [-0.05, 0) is 66.1 Å². The fourth-order valence-corrected chi connectivity index (χ4v) is 4.52. The lowest BCUT2D eigenvalue weighted by molar-refractivity contribution is 0.171. The van der Waals surface area contributed by atoms with Crippen molar-refractivity contribution < 1.29 is 15.3 Å². The Kier molecular flexibility index (Phi) is 5.64. The van der Waals surface area contributed by atoms with Crippen molar-refractivity contribution in [1.29, 1.82) is 0 Å². The maximum atomic E-state index is 11.6. The van der Waals surface area contributed by atoms with Gasteiger partial charge in [-0.2, -0.15) is 0 Å². The van der Waals surface area contributed by atoms with Crippen LogP contribution in [-0.2, 0) is 19.3 Å². The average molecular weight is 408 g/mol. The molecule has 30 heavy (non-hydrogen) atoms. The summed E-state index contributed by atoms with van der Waals surface area (Å²) in [6.45, 7) is 4.27. The third-order valence-electron chi connectivity index (χ3n) is 6.09. The SMILES string of the molecule is CCc1cc2c(cc1C(C)O)CC(NCC(O)c1ccc(O)c3[nH]c(=O)ccc13)C2. The summed E-state index contributed by atoms with van der Waals surface area (Å²) < 4.78 is 0. The Hall–Kier alpha value is -2.67. The first-order valence-corrected chi connectivity index (χ1v) is 10.5. The van der Waals surface area contributed by atoms with E-state index in [1.54, 1.807) is 19.1 Å². The van der Waals surface area contributed by atoms with Gasteiger partial charge in [-0.15, -0.1) is 0 Å². The van der Waals surface area contributed by atoms with Gasteiger partial charge in [0.05, 0.1) is 17.7 Å². The number of hydrogen-bond donors (Lipinski definition) is 5. The minimum absolute atomic E-state index is 0.0153. The summed E-state index contributed by atoms with van der Waals surface area (Å²) in [5, 5.41) is 35.0. The number of aromatic hydroxyl groups is 1. The van der Waals surface area contributed by atoms with Gasteiger partial charge < -0.3 is 25.6 Å². The molecule has 6 heteroatoms. The first kappa shape index (κ1) is 20.6. The summed E-state index contributed by atoms with van der Waals surface area (Å²) >= 11 is 0. The zero-order chi connectivity index (χ0) is 21.4. The number of aryl methyl sites for hydroxylation is 1. The van der Waals surface area contributed by atoms with Crippen molar-refractivity contribution >= 4 is 10.9 Å². The second kappa shape index (κ2) is 8.22. The monoisotopic (exact) mass is 408 g/mol. The Balaban J connectivity index is 1.49. The third-order valence-corrected chi connectivity index (χ3v) is 6.09. The molecular weight excluding hydrogens is 380 g/mol. The summed E-state index contributed by atoms with van der Waals surface area (Å²) in [7, 11) is 0. The number of rotatable bonds is 6. The van der Waals surface area contributed by atoms with Crippen molar-refractivity contribution in [3.05, 3.63) is 74.6 Å². The van der Waals surface area contributed by atoms with E-state index >= 15 is 0 Å². The highest BCUT2D eigenvalue weighted by molar-refractivity contribution is 5.87. The van der Waals surface area contributed by atoms with E-state index in [0.717, 1.165) is 24.8 Å². The molecule has 0 saturated carbocycles. The van der Waals surface area contributed by atoms with Crippen LogP contribution in [0.1, 0.15) is 53.9 Å². The van der Waals surface area contributed by atoms with Crippen LogP contribution in [0.3, 0.4) is 0 Å². The maximum Gasteiger partial charge on any atom is 0.248 e. The molecule has 0 radical (unpaired) electrons. The number of aliphatic hydroxyl groups excluding tert-OH is 2. The Bertz CT molecular complexity index is 1140. The molecule has 4 rings (SSSR count). The number of benzene rings is 2. The highest BCUT2D eigenvalue weighted by Crippen LogP contribution is 2.31. The zero-order valence-corrected chi connectivity index (χ0v) is 17.3. The molecule has 3 aromatic rings. The Morgan fingerprint density at radius 1 is 1.10 bits per heavy atom. The van der Waals surface area contributed by atoms with Crippen molar-refractivity contribution in [1.82, 2.24) is 10.3 Å². The van der Waals surface area contributed by atoms with Crippen LogP contribution in [0.4, 0.5) is 0 Å². The van der Waals surface area contributed by atoms with Gasteiger partial charge in [0.2, 0.25) is 5.56 Å². The van der Waals surface area contributed by atoms with Gasteiger partial charge in [0.25, 0.3) is 0 Å². The lowest BCUT2D eigenvalue weighted by atomic mass is 9.95. The summed E-state index contributed by atoms with van der Waals surface area (Å²) in [5.74, 6) is -0.0153. The second-order valence-electron chi connectivity index (χ2n) is 8.16. The van der Waals surface area contributed by atoms with Crippen LogP contribution < -0.4 is 10.9 Å². The van der Waals surface area contributed by atoms with Crippen LogP contribution in [0.2, 0.25) is 0 Å². The molecule has 0 saturated heterocycles. The van der Waals surface area contributed by atoms with Crippen LogP contribution in [-0.4, -0.2) is 32.9 Å². The summed E-state index contributed by atoms with van der Waals surface area (Å²) in [6.07, 6.45) is 1.38. The van der Waals surface area contributed by atoms with Crippen LogP contribution in [0.15, 0.2) is 41.2 Å². The highest BCUT2D eigenvalue weighted by Gasteiger charge is 2.24. The number of aromatic nitrogens is 1. The molecule has 158 valence electrons. The number of fused-ring (bicyclic) bond motifs is 2. The Morgan fingerprint density at radius 2 is 1.83 bits per heavy atom. The normalized spacial score (nSPS) is 17.8. The molecule has 6 nitrogen and oxygen atoms in total. The molecule has 1 heterocycles. The molecule has 0 aliphatic heterocycles. The lowest BCUT2D eigenvalue weighted by Gasteiger charge is -2.18. The summed E-state index contributed by atoms with van der Waals surface area (Å²) in [6, 6.07) is 10.7. The first-order chi connectivity index (χ1) is 14.4. The minimum Gasteiger partial charge on any atom is -0.506 e. The van der Waals surface area contributed by atoms with Gasteiger partial charge in [0.1, 0.15) is 5.75 Å². The van der Waals surface area contributed by atoms with Gasteiger partial charge in [0.15, 0.2) is 0 Å². The quantitative estimate of drug-likeness (QED) is 0.431. The van der Waals surface area contributed by atoms with Crippen molar-refractivity contribution in [3.8, 4) is 5.75 Å². The molecular formula is C24H28N2O4. The van der Waals surface area contributed by atoms with E-state index in [2.05, 4.69) is 29.4 Å². The molecule has 1 aliphatic rings. The van der Waals surface area contributed by atoms with E-state index in [0.29, 0.717) is 23.0 Å². The molecule has 0 spiro atoms. The van der Waals surface area contributed by atoms with E-state index in [1.165, 1.54) is 28.8 Å². The number of phenols is 1. The number of phenolic OH excluding ortho intramolecular Hbond substituents is 1. The smallest absolute Gasteiger partial charge is 0.248 e. The zero-order valence-electron chi connectivity index (χ0n) is 17.3. The fraction of sp³-hybridized carbons (Fsp3) is 0.375. The average Bonchev–Trinajstić information content (AvgIpc) is 3.13. The van der Waals surface area contributed by atoms with Crippen LogP contribution in [0.5, 0.6) is 5.75 Å². The number of aliphatic hydroxyl groups is 2. The topological polar surface area (TPSA) is 106 Å². The van der Waals surface area contributed by atoms with E-state index in [9.17, 15) is 20.1 Å². The summed E-state index contributed by atoms with van der Waals surface area (Å²) in [5.41, 5.74) is 5.44. The largest absolute Gasteiger partial charge is 0.506 e. The minimum atomic E-state index is -0.776. The van der Waals surface area contributed by atoms with Crippen LogP contribution in [0.25, 0.3) is 10.9 Å². The van der Waals surface area contributed by atoms with E-state index < -0.39 is 12.2 Å². The maximum absolute atomic E-state index is 11.6. The molecule has 0 amide bonds. The van der Waals surface area contributed by atoms with Gasteiger partial charge >= 0.3 is 0 Å². The first-order valence-electron chi connectivity index (χ1n) is 10.5. The Morgan fingerprint density at radius 3 is 2.53 bits per heavy atom. The molecule has 1 aromatic heterocycles. The second-order valence-corrected chi connectivity index (χ2v) is 8.16. The molecule has 3 atom stereocenters. The standard InChI is InChI=1S/C24H28N2O4/c1-3-14-8-15-9-17(10-16(15)11-20(14)13(2)27)25-12-22(29)18-4-6-21(28)24-19(18)5-7-23(30)26-24/h4-8,11,13,17,22,25,27-29H,3,9-10,12H2,1-2H3,(H,26,30). The predicted octanol–water partition coefficient (Wildman–Crippen LogP) is 2.64. The molecule has 0 bridgehead atoms. The van der Waals surface area contributed by atoms with Gasteiger partial charge in [-0.25, -0.2) is 0 Å². The fourth-order valence-electron chi connectivity index (χ4n) is 4.52. The molecule has 0 fully saturated rings. The highest BCUT2D eigenvalue weighted by atomic mass is 16.3. The van der Waals surface area contributed by atoms with Gasteiger partial charge in [-0.3, -0.25) is 4.79 Å². The number of pyridine rings is 1. The van der Waals surface area contributed by atoms with Crippen molar-refractivity contribution in [2.45, 2.75) is 51.4 Å². The number of H-pyrrole nitrogens is 1. The number of hydrogen-bond acceptors (Lipinski definition) is 5. The number of aromatic amines is 1. The van der Waals surface area contributed by atoms with E-state index in [-0.39, 0.29) is 17.4 Å². The lowest BCUT2D eigenvalue weighted by Crippen LogP contribution is -2.33. The van der Waals surface area contributed by atoms with Crippen LogP contribution >= 0.6 is 0 Å². The predicted molar refractivity (Wildman–Crippen MR) is 117 cm³/mol. The Labute approximate surface area is 175 Å². The molecule has 1 aliphatic carbocycles.